The lowest BCUT2D eigenvalue weighted by atomic mass is 10.2. The minimum atomic E-state index is 0.139. The van der Waals surface area contributed by atoms with Crippen molar-refractivity contribution in [3.05, 3.63) is 46.8 Å². The first kappa shape index (κ1) is 13.8. The molecule has 1 unspecified atom stereocenters. The minimum absolute atomic E-state index is 0.139. The molecule has 0 aliphatic carbocycles. The van der Waals surface area contributed by atoms with Crippen LogP contribution in [0.2, 0.25) is 0 Å². The highest BCUT2D eigenvalue weighted by Gasteiger charge is 2.16. The van der Waals surface area contributed by atoms with Crippen molar-refractivity contribution in [1.82, 2.24) is 19.5 Å². The maximum atomic E-state index is 5.18. The molecule has 108 valence electrons. The first-order valence-electron chi connectivity index (χ1n) is 6.64. The van der Waals surface area contributed by atoms with E-state index in [1.165, 1.54) is 0 Å². The Morgan fingerprint density at radius 3 is 2.86 bits per heavy atom. The first-order chi connectivity index (χ1) is 10.2. The summed E-state index contributed by atoms with van der Waals surface area (Å²) in [5.74, 6) is 1.47. The maximum Gasteiger partial charge on any atom is 0.213 e. The zero-order chi connectivity index (χ0) is 14.8. The largest absolute Gasteiger partial charge is 0.481 e. The smallest absolute Gasteiger partial charge is 0.213 e. The monoisotopic (exact) mass is 300 g/mol. The van der Waals surface area contributed by atoms with E-state index >= 15 is 0 Å². The number of thiazole rings is 1. The van der Waals surface area contributed by atoms with Gasteiger partial charge in [-0.05, 0) is 19.9 Å². The molecule has 3 heterocycles. The molecule has 0 bridgehead atoms. The topological polar surface area (TPSA) is 52.8 Å². The molecule has 0 aliphatic rings. The molecule has 0 saturated carbocycles. The van der Waals surface area contributed by atoms with Crippen LogP contribution in [0.3, 0.4) is 0 Å². The van der Waals surface area contributed by atoms with Crippen LogP contribution in [0.1, 0.15) is 23.7 Å². The van der Waals surface area contributed by atoms with E-state index in [9.17, 15) is 0 Å². The summed E-state index contributed by atoms with van der Waals surface area (Å²) in [7, 11) is 1.61. The predicted octanol–water partition coefficient (Wildman–Crippen LogP) is 3.33. The van der Waals surface area contributed by atoms with Gasteiger partial charge in [0.2, 0.25) is 5.88 Å². The van der Waals surface area contributed by atoms with Crippen molar-refractivity contribution in [2.45, 2.75) is 19.9 Å². The highest BCUT2D eigenvalue weighted by Crippen LogP contribution is 2.28. The molecule has 0 N–H and O–H groups in total. The van der Waals surface area contributed by atoms with Gasteiger partial charge in [0.1, 0.15) is 10.8 Å². The van der Waals surface area contributed by atoms with E-state index in [2.05, 4.69) is 31.8 Å². The molecule has 3 rings (SSSR count). The van der Waals surface area contributed by atoms with Crippen LogP contribution in [0.15, 0.2) is 36.1 Å². The Morgan fingerprint density at radius 2 is 2.14 bits per heavy atom. The Labute approximate surface area is 127 Å². The summed E-state index contributed by atoms with van der Waals surface area (Å²) in [5.41, 5.74) is 2.03. The van der Waals surface area contributed by atoms with E-state index in [0.717, 1.165) is 22.1 Å². The highest BCUT2D eigenvalue weighted by molar-refractivity contribution is 7.09. The lowest BCUT2D eigenvalue weighted by Gasteiger charge is -2.14. The van der Waals surface area contributed by atoms with Gasteiger partial charge in [-0.25, -0.2) is 15.0 Å². The summed E-state index contributed by atoms with van der Waals surface area (Å²) in [6, 6.07) is 3.96. The Morgan fingerprint density at radius 1 is 1.29 bits per heavy atom. The first-order valence-corrected chi connectivity index (χ1v) is 7.52. The number of imidazole rings is 1. The third kappa shape index (κ3) is 2.67. The average molecular weight is 300 g/mol. The second kappa shape index (κ2) is 5.65. The Balaban J connectivity index is 2.00. The standard InChI is InChI=1S/C15H16N4OS/c1-10-9-21-15(18-10)11(2)19-7-6-17-14(19)12-4-5-16-13(8-12)20-3/h4-9,11H,1-3H3. The Kier molecular flexibility index (Phi) is 3.70. The molecule has 5 nitrogen and oxygen atoms in total. The normalized spacial score (nSPS) is 12.3. The van der Waals surface area contributed by atoms with Crippen LogP contribution in [0.4, 0.5) is 0 Å². The van der Waals surface area contributed by atoms with E-state index in [0.29, 0.717) is 5.88 Å². The number of nitrogens with zero attached hydrogens (tertiary/aromatic N) is 4. The fourth-order valence-corrected chi connectivity index (χ4v) is 3.04. The molecule has 3 aromatic heterocycles. The van der Waals surface area contributed by atoms with Crippen molar-refractivity contribution >= 4 is 11.3 Å². The van der Waals surface area contributed by atoms with Crippen LogP contribution in [-0.2, 0) is 0 Å². The van der Waals surface area contributed by atoms with Crippen LogP contribution >= 0.6 is 11.3 Å². The van der Waals surface area contributed by atoms with Gasteiger partial charge >= 0.3 is 0 Å². The van der Waals surface area contributed by atoms with E-state index in [1.807, 2.05) is 25.3 Å². The quantitative estimate of drug-likeness (QED) is 0.741. The zero-order valence-corrected chi connectivity index (χ0v) is 13.0. The summed E-state index contributed by atoms with van der Waals surface area (Å²) < 4.78 is 7.30. The SMILES string of the molecule is COc1cc(-c2nccn2C(C)c2nc(C)cs2)ccn1. The van der Waals surface area contributed by atoms with Crippen molar-refractivity contribution in [3.8, 4) is 17.3 Å². The van der Waals surface area contributed by atoms with Crippen LogP contribution in [0.5, 0.6) is 5.88 Å². The van der Waals surface area contributed by atoms with Gasteiger partial charge in [-0.3, -0.25) is 0 Å². The van der Waals surface area contributed by atoms with Gasteiger partial charge in [0, 0.05) is 41.3 Å². The van der Waals surface area contributed by atoms with Crippen molar-refractivity contribution in [3.63, 3.8) is 0 Å². The van der Waals surface area contributed by atoms with Gasteiger partial charge in [-0.2, -0.15) is 0 Å². The van der Waals surface area contributed by atoms with Gasteiger partial charge in [0.25, 0.3) is 0 Å². The van der Waals surface area contributed by atoms with E-state index in [4.69, 9.17) is 4.74 Å². The summed E-state index contributed by atoms with van der Waals surface area (Å²) in [4.78, 5) is 13.2. The van der Waals surface area contributed by atoms with Crippen molar-refractivity contribution in [2.24, 2.45) is 0 Å². The molecule has 0 fully saturated rings. The second-order valence-corrected chi connectivity index (χ2v) is 5.64. The lowest BCUT2D eigenvalue weighted by Crippen LogP contribution is -2.07. The molecule has 3 aromatic rings. The minimum Gasteiger partial charge on any atom is -0.481 e. The number of aryl methyl sites for hydroxylation is 1. The maximum absolute atomic E-state index is 5.18. The zero-order valence-electron chi connectivity index (χ0n) is 12.1. The van der Waals surface area contributed by atoms with Crippen LogP contribution in [-0.4, -0.2) is 26.6 Å². The van der Waals surface area contributed by atoms with E-state index in [1.54, 1.807) is 30.8 Å². The molecule has 21 heavy (non-hydrogen) atoms. The molecular weight excluding hydrogens is 284 g/mol. The Hall–Kier alpha value is -2.21. The number of methoxy groups -OCH3 is 1. The van der Waals surface area contributed by atoms with Crippen molar-refractivity contribution < 1.29 is 4.74 Å². The summed E-state index contributed by atoms with van der Waals surface area (Å²) in [5, 5.41) is 3.14. The van der Waals surface area contributed by atoms with Crippen LogP contribution in [0.25, 0.3) is 11.4 Å². The summed E-state index contributed by atoms with van der Waals surface area (Å²) in [6.45, 7) is 4.14. The van der Waals surface area contributed by atoms with Gasteiger partial charge in [-0.1, -0.05) is 0 Å². The number of hydrogen-bond donors (Lipinski definition) is 0. The van der Waals surface area contributed by atoms with Gasteiger partial charge in [0.05, 0.1) is 13.2 Å². The van der Waals surface area contributed by atoms with Gasteiger partial charge in [-0.15, -0.1) is 11.3 Å². The molecule has 0 aliphatic heterocycles. The molecule has 6 heteroatoms. The number of pyridine rings is 1. The third-order valence-electron chi connectivity index (χ3n) is 3.28. The highest BCUT2D eigenvalue weighted by atomic mass is 32.1. The van der Waals surface area contributed by atoms with Gasteiger partial charge in [0.15, 0.2) is 0 Å². The summed E-state index contributed by atoms with van der Waals surface area (Å²) >= 11 is 1.67. The number of rotatable bonds is 4. The molecule has 1 atom stereocenters. The molecule has 0 saturated heterocycles. The molecule has 0 spiro atoms. The lowest BCUT2D eigenvalue weighted by molar-refractivity contribution is 0.398. The molecular formula is C15H16N4OS. The van der Waals surface area contributed by atoms with Crippen LogP contribution < -0.4 is 4.74 Å². The van der Waals surface area contributed by atoms with Crippen molar-refractivity contribution in [2.75, 3.05) is 7.11 Å². The molecule has 0 radical (unpaired) electrons. The second-order valence-electron chi connectivity index (χ2n) is 4.75. The molecule has 0 aromatic carbocycles. The third-order valence-corrected chi connectivity index (χ3v) is 4.42. The fraction of sp³-hybridized carbons (Fsp3) is 0.267. The van der Waals surface area contributed by atoms with E-state index in [-0.39, 0.29) is 6.04 Å². The molecule has 0 amide bonds. The van der Waals surface area contributed by atoms with Gasteiger partial charge < -0.3 is 9.30 Å². The Bertz CT molecular complexity index is 749. The van der Waals surface area contributed by atoms with Crippen LogP contribution in [0, 0.1) is 6.92 Å². The average Bonchev–Trinajstić information content (AvgIpc) is 3.15. The number of hydrogen-bond acceptors (Lipinski definition) is 5. The number of ether oxygens (including phenoxy) is 1. The fourth-order valence-electron chi connectivity index (χ4n) is 2.19. The summed E-state index contributed by atoms with van der Waals surface area (Å²) in [6.07, 6.45) is 5.51. The number of aromatic nitrogens is 4. The predicted molar refractivity (Wildman–Crippen MR) is 82.7 cm³/mol. The van der Waals surface area contributed by atoms with Crippen molar-refractivity contribution in [1.29, 1.82) is 0 Å². The van der Waals surface area contributed by atoms with E-state index < -0.39 is 0 Å².